The van der Waals surface area contributed by atoms with E-state index in [-0.39, 0.29) is 11.5 Å². The van der Waals surface area contributed by atoms with E-state index in [2.05, 4.69) is 22.3 Å². The zero-order valence-corrected chi connectivity index (χ0v) is 21.3. The van der Waals surface area contributed by atoms with Gasteiger partial charge < -0.3 is 24.1 Å². The monoisotopic (exact) mass is 491 g/mol. The summed E-state index contributed by atoms with van der Waals surface area (Å²) in [5.74, 6) is 1.59. The maximum Gasteiger partial charge on any atom is 0.257 e. The third kappa shape index (κ3) is 5.39. The summed E-state index contributed by atoms with van der Waals surface area (Å²) >= 11 is 0. The lowest BCUT2D eigenvalue weighted by Gasteiger charge is -2.20. The molecular formula is C28H33N3O5. The molecule has 36 heavy (non-hydrogen) atoms. The standard InChI is InChI=1S/C28H33N3O5/c1-19-15-20(9-10-23(19)34-2)18-30-12-11-22-27(25(36-4)16-26(32)31(22)14-13-30)28(33)29-17-21-7-5-6-8-24(21)35-3/h5-10,15-16H,11-14,17-18H2,1-4H3,(H,29,33). The van der Waals surface area contributed by atoms with Crippen LogP contribution in [0.4, 0.5) is 0 Å². The Balaban J connectivity index is 1.56. The smallest absolute Gasteiger partial charge is 0.257 e. The molecule has 1 aliphatic heterocycles. The number of benzene rings is 2. The lowest BCUT2D eigenvalue weighted by atomic mass is 10.1. The highest BCUT2D eigenvalue weighted by atomic mass is 16.5. The molecule has 0 saturated heterocycles. The van der Waals surface area contributed by atoms with Crippen LogP contribution in [0.25, 0.3) is 0 Å². The van der Waals surface area contributed by atoms with E-state index in [1.807, 2.05) is 37.3 Å². The molecule has 2 heterocycles. The number of ether oxygens (including phenoxy) is 3. The lowest BCUT2D eigenvalue weighted by molar-refractivity contribution is 0.0945. The molecular weight excluding hydrogens is 458 g/mol. The van der Waals surface area contributed by atoms with Gasteiger partial charge in [-0.25, -0.2) is 0 Å². The highest BCUT2D eigenvalue weighted by molar-refractivity contribution is 5.98. The second kappa shape index (κ2) is 11.3. The van der Waals surface area contributed by atoms with E-state index >= 15 is 0 Å². The molecule has 0 radical (unpaired) electrons. The molecule has 1 amide bonds. The van der Waals surface area contributed by atoms with E-state index in [4.69, 9.17) is 14.2 Å². The summed E-state index contributed by atoms with van der Waals surface area (Å²) < 4.78 is 18.0. The van der Waals surface area contributed by atoms with Gasteiger partial charge in [0.1, 0.15) is 22.8 Å². The number of amides is 1. The van der Waals surface area contributed by atoms with Gasteiger partial charge in [-0.15, -0.1) is 0 Å². The minimum Gasteiger partial charge on any atom is -0.496 e. The first-order valence-electron chi connectivity index (χ1n) is 12.0. The number of nitrogens with zero attached hydrogens (tertiary/aromatic N) is 2. The van der Waals surface area contributed by atoms with Crippen LogP contribution in [0.1, 0.15) is 32.7 Å². The summed E-state index contributed by atoms with van der Waals surface area (Å²) in [5, 5.41) is 2.98. The molecule has 1 aliphatic rings. The summed E-state index contributed by atoms with van der Waals surface area (Å²) in [4.78, 5) is 28.6. The number of methoxy groups -OCH3 is 3. The number of carbonyl (C=O) groups excluding carboxylic acids is 1. The second-order valence-corrected chi connectivity index (χ2v) is 8.85. The molecule has 8 heteroatoms. The fourth-order valence-corrected chi connectivity index (χ4v) is 4.77. The van der Waals surface area contributed by atoms with Crippen LogP contribution in [-0.2, 0) is 26.1 Å². The summed E-state index contributed by atoms with van der Waals surface area (Å²) in [6.45, 7) is 4.99. The molecule has 0 saturated carbocycles. The molecule has 1 aromatic heterocycles. The molecule has 1 N–H and O–H groups in total. The molecule has 0 spiro atoms. The molecule has 8 nitrogen and oxygen atoms in total. The molecule has 0 aliphatic carbocycles. The first kappa shape index (κ1) is 25.3. The number of rotatable bonds is 8. The van der Waals surface area contributed by atoms with Crippen molar-refractivity contribution in [1.29, 1.82) is 0 Å². The van der Waals surface area contributed by atoms with Gasteiger partial charge in [0.05, 0.1) is 21.3 Å². The largest absolute Gasteiger partial charge is 0.496 e. The van der Waals surface area contributed by atoms with E-state index in [0.29, 0.717) is 55.4 Å². The molecule has 4 rings (SSSR count). The predicted molar refractivity (Wildman–Crippen MR) is 138 cm³/mol. The summed E-state index contributed by atoms with van der Waals surface area (Å²) in [7, 11) is 4.76. The quantitative estimate of drug-likeness (QED) is 0.521. The van der Waals surface area contributed by atoms with Gasteiger partial charge in [0.25, 0.3) is 11.5 Å². The fraction of sp³-hybridized carbons (Fsp3) is 0.357. The maximum atomic E-state index is 13.4. The van der Waals surface area contributed by atoms with Crippen molar-refractivity contribution >= 4 is 5.91 Å². The van der Waals surface area contributed by atoms with Gasteiger partial charge in [-0.2, -0.15) is 0 Å². The molecule has 0 fully saturated rings. The Hall–Kier alpha value is -3.78. The topological polar surface area (TPSA) is 82.0 Å². The number of pyridine rings is 1. The van der Waals surface area contributed by atoms with Crippen LogP contribution in [0.3, 0.4) is 0 Å². The first-order valence-corrected chi connectivity index (χ1v) is 12.0. The van der Waals surface area contributed by atoms with Gasteiger partial charge in [-0.05, 0) is 30.2 Å². The molecule has 0 unspecified atom stereocenters. The number of hydrogen-bond donors (Lipinski definition) is 1. The van der Waals surface area contributed by atoms with Crippen molar-refractivity contribution in [2.45, 2.75) is 33.0 Å². The van der Waals surface area contributed by atoms with Crippen LogP contribution in [0.15, 0.2) is 53.3 Å². The van der Waals surface area contributed by atoms with Crippen LogP contribution >= 0.6 is 0 Å². The van der Waals surface area contributed by atoms with Crippen LogP contribution in [0.5, 0.6) is 17.2 Å². The van der Waals surface area contributed by atoms with Gasteiger partial charge in [0.15, 0.2) is 0 Å². The van der Waals surface area contributed by atoms with Crippen molar-refractivity contribution < 1.29 is 19.0 Å². The predicted octanol–water partition coefficient (Wildman–Crippen LogP) is 3.17. The van der Waals surface area contributed by atoms with Crippen LogP contribution in [0, 0.1) is 6.92 Å². The minimum atomic E-state index is -0.277. The number of aryl methyl sites for hydroxylation is 1. The number of fused-ring (bicyclic) bond motifs is 1. The van der Waals surface area contributed by atoms with E-state index in [1.54, 1.807) is 18.8 Å². The van der Waals surface area contributed by atoms with E-state index in [0.717, 1.165) is 23.4 Å². The Kier molecular flexibility index (Phi) is 7.95. The molecule has 0 bridgehead atoms. The van der Waals surface area contributed by atoms with Crippen molar-refractivity contribution in [1.82, 2.24) is 14.8 Å². The Morgan fingerprint density at radius 3 is 2.39 bits per heavy atom. The normalized spacial score (nSPS) is 13.4. The summed E-state index contributed by atoms with van der Waals surface area (Å²) in [6.07, 6.45) is 0.555. The highest BCUT2D eigenvalue weighted by Gasteiger charge is 2.25. The molecule has 0 atom stereocenters. The van der Waals surface area contributed by atoms with Crippen molar-refractivity contribution in [2.75, 3.05) is 34.4 Å². The number of nitrogens with one attached hydrogen (secondary N) is 1. The number of hydrogen-bond acceptors (Lipinski definition) is 6. The number of carbonyl (C=O) groups is 1. The van der Waals surface area contributed by atoms with Gasteiger partial charge in [-0.3, -0.25) is 14.5 Å². The Bertz CT molecular complexity index is 1300. The van der Waals surface area contributed by atoms with Crippen LogP contribution in [0.2, 0.25) is 0 Å². The van der Waals surface area contributed by atoms with Gasteiger partial charge in [0, 0.05) is 56.5 Å². The summed E-state index contributed by atoms with van der Waals surface area (Å²) in [6, 6.07) is 15.1. The molecule has 2 aromatic carbocycles. The average molecular weight is 492 g/mol. The number of aromatic nitrogens is 1. The summed E-state index contributed by atoms with van der Waals surface area (Å²) in [5.41, 5.74) is 4.08. The van der Waals surface area contributed by atoms with Crippen molar-refractivity contribution in [3.63, 3.8) is 0 Å². The third-order valence-corrected chi connectivity index (χ3v) is 6.63. The van der Waals surface area contributed by atoms with E-state index < -0.39 is 0 Å². The van der Waals surface area contributed by atoms with E-state index in [9.17, 15) is 9.59 Å². The second-order valence-electron chi connectivity index (χ2n) is 8.85. The van der Waals surface area contributed by atoms with Crippen molar-refractivity contribution in [3.8, 4) is 17.2 Å². The zero-order valence-electron chi connectivity index (χ0n) is 21.3. The van der Waals surface area contributed by atoms with Crippen LogP contribution in [-0.4, -0.2) is 49.8 Å². The number of para-hydroxylation sites is 1. The Morgan fingerprint density at radius 1 is 0.917 bits per heavy atom. The van der Waals surface area contributed by atoms with Crippen molar-refractivity contribution in [2.24, 2.45) is 0 Å². The Morgan fingerprint density at radius 2 is 1.67 bits per heavy atom. The Labute approximate surface area is 211 Å². The third-order valence-electron chi connectivity index (χ3n) is 6.63. The fourth-order valence-electron chi connectivity index (χ4n) is 4.77. The lowest BCUT2D eigenvalue weighted by Crippen LogP contribution is -2.31. The molecule has 190 valence electrons. The minimum absolute atomic E-state index is 0.162. The zero-order chi connectivity index (χ0) is 25.7. The van der Waals surface area contributed by atoms with Crippen molar-refractivity contribution in [3.05, 3.63) is 86.8 Å². The average Bonchev–Trinajstić information content (AvgIpc) is 3.10. The SMILES string of the molecule is COc1ccc(CN2CCc3c(C(=O)NCc4ccccc4OC)c(OC)cc(=O)n3CC2)cc1C. The van der Waals surface area contributed by atoms with Gasteiger partial charge in [0.2, 0.25) is 0 Å². The van der Waals surface area contributed by atoms with Gasteiger partial charge >= 0.3 is 0 Å². The molecule has 3 aromatic rings. The maximum absolute atomic E-state index is 13.4. The van der Waals surface area contributed by atoms with Crippen LogP contribution < -0.4 is 25.1 Å². The van der Waals surface area contributed by atoms with Gasteiger partial charge in [-0.1, -0.05) is 30.3 Å². The first-order chi connectivity index (χ1) is 17.4. The van der Waals surface area contributed by atoms with E-state index in [1.165, 1.54) is 18.7 Å². The highest BCUT2D eigenvalue weighted by Crippen LogP contribution is 2.25.